The fraction of sp³-hybridized carbons (Fsp3) is 0.333. The fourth-order valence-corrected chi connectivity index (χ4v) is 1.19. The van der Waals surface area contributed by atoms with Gasteiger partial charge in [-0.1, -0.05) is 18.2 Å². The maximum absolute atomic E-state index is 13.2. The highest BCUT2D eigenvalue weighted by molar-refractivity contribution is 5.23. The quantitative estimate of drug-likeness (QED) is 0.573. The van der Waals surface area contributed by atoms with Gasteiger partial charge in [0.25, 0.3) is 0 Å². The smallest absolute Gasteiger partial charge is 0.165 e. The van der Waals surface area contributed by atoms with Crippen LogP contribution in [-0.2, 0) is 0 Å². The van der Waals surface area contributed by atoms with Crippen molar-refractivity contribution in [2.75, 3.05) is 13.1 Å². The molecule has 15 heavy (non-hydrogen) atoms. The van der Waals surface area contributed by atoms with Crippen LogP contribution in [0.25, 0.3) is 0 Å². The van der Waals surface area contributed by atoms with E-state index in [9.17, 15) is 4.39 Å². The van der Waals surface area contributed by atoms with E-state index in [-0.39, 0.29) is 11.9 Å². The molecule has 0 radical (unpaired) electrons. The Morgan fingerprint density at radius 2 is 2.27 bits per heavy atom. The molecule has 0 aromatic heterocycles. The molecular weight excluding hydrogens is 193 g/mol. The molecule has 0 aliphatic heterocycles. The van der Waals surface area contributed by atoms with Crippen molar-refractivity contribution in [3.8, 4) is 5.75 Å². The van der Waals surface area contributed by atoms with Crippen molar-refractivity contribution in [2.24, 2.45) is 0 Å². The van der Waals surface area contributed by atoms with Crippen LogP contribution in [0.4, 0.5) is 4.39 Å². The molecule has 0 fully saturated rings. The van der Waals surface area contributed by atoms with Crippen LogP contribution in [0.5, 0.6) is 5.75 Å². The molecule has 1 atom stereocenters. The van der Waals surface area contributed by atoms with Gasteiger partial charge in [-0.05, 0) is 19.1 Å². The first-order valence-corrected chi connectivity index (χ1v) is 4.97. The Labute approximate surface area is 89.8 Å². The van der Waals surface area contributed by atoms with Gasteiger partial charge in [0.15, 0.2) is 11.6 Å². The van der Waals surface area contributed by atoms with E-state index in [0.29, 0.717) is 12.3 Å². The van der Waals surface area contributed by atoms with Crippen LogP contribution in [-0.4, -0.2) is 19.2 Å². The third-order valence-electron chi connectivity index (χ3n) is 1.89. The molecule has 0 amide bonds. The maximum Gasteiger partial charge on any atom is 0.165 e. The Bertz CT molecular complexity index is 314. The molecule has 3 heteroatoms. The zero-order valence-corrected chi connectivity index (χ0v) is 8.87. The molecule has 0 spiro atoms. The van der Waals surface area contributed by atoms with Crippen LogP contribution in [0.1, 0.15) is 6.92 Å². The second-order valence-electron chi connectivity index (χ2n) is 3.31. The van der Waals surface area contributed by atoms with Crippen LogP contribution >= 0.6 is 0 Å². The van der Waals surface area contributed by atoms with Crippen molar-refractivity contribution in [3.63, 3.8) is 0 Å². The molecule has 1 aromatic carbocycles. The van der Waals surface area contributed by atoms with Gasteiger partial charge < -0.3 is 10.1 Å². The number of ether oxygens (including phenoxy) is 1. The molecule has 0 aliphatic rings. The number of para-hydroxylation sites is 1. The van der Waals surface area contributed by atoms with Gasteiger partial charge in [-0.15, -0.1) is 6.58 Å². The second kappa shape index (κ2) is 6.19. The van der Waals surface area contributed by atoms with Crippen molar-refractivity contribution < 1.29 is 9.13 Å². The summed E-state index contributed by atoms with van der Waals surface area (Å²) in [6.07, 6.45) is 1.71. The van der Waals surface area contributed by atoms with Crippen LogP contribution in [0.2, 0.25) is 0 Å². The Kier molecular flexibility index (Phi) is 4.84. The van der Waals surface area contributed by atoms with Gasteiger partial charge in [0.2, 0.25) is 0 Å². The van der Waals surface area contributed by atoms with Crippen molar-refractivity contribution in [3.05, 3.63) is 42.7 Å². The number of hydrogen-bond acceptors (Lipinski definition) is 2. The van der Waals surface area contributed by atoms with Gasteiger partial charge in [-0.3, -0.25) is 0 Å². The van der Waals surface area contributed by atoms with E-state index in [0.717, 1.165) is 6.54 Å². The van der Waals surface area contributed by atoms with Gasteiger partial charge in [-0.2, -0.15) is 0 Å². The Morgan fingerprint density at radius 1 is 1.53 bits per heavy atom. The highest BCUT2D eigenvalue weighted by Crippen LogP contribution is 2.16. The molecule has 1 unspecified atom stereocenters. The largest absolute Gasteiger partial charge is 0.486 e. The summed E-state index contributed by atoms with van der Waals surface area (Å²) >= 11 is 0. The molecule has 82 valence electrons. The minimum Gasteiger partial charge on any atom is -0.486 e. The summed E-state index contributed by atoms with van der Waals surface area (Å²) in [4.78, 5) is 0. The lowest BCUT2D eigenvalue weighted by Crippen LogP contribution is -2.29. The third-order valence-corrected chi connectivity index (χ3v) is 1.89. The predicted molar refractivity (Wildman–Crippen MR) is 59.6 cm³/mol. The Morgan fingerprint density at radius 3 is 2.93 bits per heavy atom. The third kappa shape index (κ3) is 4.13. The molecule has 1 N–H and O–H groups in total. The highest BCUT2D eigenvalue weighted by Gasteiger charge is 2.06. The lowest BCUT2D eigenvalue weighted by molar-refractivity contribution is 0.209. The first-order valence-electron chi connectivity index (χ1n) is 4.97. The molecule has 0 aliphatic carbocycles. The minimum atomic E-state index is -0.326. The summed E-state index contributed by atoms with van der Waals surface area (Å²) in [6.45, 7) is 6.88. The molecule has 0 saturated heterocycles. The Balaban J connectivity index is 2.40. The average Bonchev–Trinajstić information content (AvgIpc) is 2.22. The Hall–Kier alpha value is -1.35. The number of benzene rings is 1. The number of halogens is 1. The van der Waals surface area contributed by atoms with Gasteiger partial charge >= 0.3 is 0 Å². The van der Waals surface area contributed by atoms with Crippen molar-refractivity contribution in [1.82, 2.24) is 5.32 Å². The SMILES string of the molecule is C=CCNCC(C)Oc1ccccc1F. The van der Waals surface area contributed by atoms with E-state index >= 15 is 0 Å². The summed E-state index contributed by atoms with van der Waals surface area (Å²) in [5.74, 6) is -0.0292. The second-order valence-corrected chi connectivity index (χ2v) is 3.31. The topological polar surface area (TPSA) is 21.3 Å². The highest BCUT2D eigenvalue weighted by atomic mass is 19.1. The zero-order chi connectivity index (χ0) is 11.1. The summed E-state index contributed by atoms with van der Waals surface area (Å²) < 4.78 is 18.6. The monoisotopic (exact) mass is 209 g/mol. The first-order chi connectivity index (χ1) is 7.24. The van der Waals surface area contributed by atoms with E-state index in [1.165, 1.54) is 6.07 Å². The van der Waals surface area contributed by atoms with E-state index in [1.807, 2.05) is 6.92 Å². The zero-order valence-electron chi connectivity index (χ0n) is 8.87. The standard InChI is InChI=1S/C12H16FNO/c1-3-8-14-9-10(2)15-12-7-5-4-6-11(12)13/h3-7,10,14H,1,8-9H2,2H3. The maximum atomic E-state index is 13.2. The first kappa shape index (κ1) is 11.7. The van der Waals surface area contributed by atoms with E-state index in [2.05, 4.69) is 11.9 Å². The van der Waals surface area contributed by atoms with E-state index in [4.69, 9.17) is 4.74 Å². The molecule has 1 aromatic rings. The molecule has 0 saturated carbocycles. The van der Waals surface area contributed by atoms with Crippen LogP contribution in [0, 0.1) is 5.82 Å². The summed E-state index contributed by atoms with van der Waals surface area (Å²) in [5.41, 5.74) is 0. The molecule has 1 rings (SSSR count). The summed E-state index contributed by atoms with van der Waals surface area (Å²) in [5, 5.41) is 3.11. The minimum absolute atomic E-state index is 0.0677. The fourth-order valence-electron chi connectivity index (χ4n) is 1.19. The number of nitrogens with one attached hydrogen (secondary N) is 1. The van der Waals surface area contributed by atoms with Crippen molar-refractivity contribution in [2.45, 2.75) is 13.0 Å². The van der Waals surface area contributed by atoms with E-state index in [1.54, 1.807) is 24.3 Å². The number of hydrogen-bond donors (Lipinski definition) is 1. The predicted octanol–water partition coefficient (Wildman–Crippen LogP) is 2.37. The number of rotatable bonds is 6. The molecular formula is C12H16FNO. The average molecular weight is 209 g/mol. The lowest BCUT2D eigenvalue weighted by atomic mass is 10.3. The molecule has 0 bridgehead atoms. The lowest BCUT2D eigenvalue weighted by Gasteiger charge is -2.15. The van der Waals surface area contributed by atoms with Gasteiger partial charge in [-0.25, -0.2) is 4.39 Å². The van der Waals surface area contributed by atoms with Crippen molar-refractivity contribution >= 4 is 0 Å². The summed E-state index contributed by atoms with van der Waals surface area (Å²) in [6, 6.07) is 6.41. The summed E-state index contributed by atoms with van der Waals surface area (Å²) in [7, 11) is 0. The van der Waals surface area contributed by atoms with Crippen LogP contribution in [0.3, 0.4) is 0 Å². The van der Waals surface area contributed by atoms with Gasteiger partial charge in [0.05, 0.1) is 0 Å². The van der Waals surface area contributed by atoms with E-state index < -0.39 is 0 Å². The molecule has 0 heterocycles. The van der Waals surface area contributed by atoms with Gasteiger partial charge in [0, 0.05) is 13.1 Å². The van der Waals surface area contributed by atoms with Crippen LogP contribution in [0.15, 0.2) is 36.9 Å². The van der Waals surface area contributed by atoms with Crippen molar-refractivity contribution in [1.29, 1.82) is 0 Å². The molecule has 2 nitrogen and oxygen atoms in total. The van der Waals surface area contributed by atoms with Gasteiger partial charge in [0.1, 0.15) is 6.10 Å². The normalized spacial score (nSPS) is 12.1. The van der Waals surface area contributed by atoms with Crippen LogP contribution < -0.4 is 10.1 Å².